The topological polar surface area (TPSA) is 47.9 Å². The number of aromatic nitrogens is 3. The Balaban J connectivity index is 1.28. The van der Waals surface area contributed by atoms with Crippen LogP contribution in [0, 0.1) is 0 Å². The molecule has 0 saturated carbocycles. The van der Waals surface area contributed by atoms with Crippen LogP contribution in [0.15, 0.2) is 164 Å². The van der Waals surface area contributed by atoms with E-state index in [2.05, 4.69) is 110 Å². The molecular formula is C44H31N3O. The Labute approximate surface area is 279 Å². The van der Waals surface area contributed by atoms with E-state index < -0.39 is 5.41 Å². The summed E-state index contributed by atoms with van der Waals surface area (Å²) in [5.74, 6) is 2.75. The fourth-order valence-corrected chi connectivity index (χ4v) is 7.16. The molecule has 0 fully saturated rings. The van der Waals surface area contributed by atoms with Crippen LogP contribution in [0.2, 0.25) is 0 Å². The van der Waals surface area contributed by atoms with Crippen LogP contribution in [-0.4, -0.2) is 21.1 Å². The van der Waals surface area contributed by atoms with Crippen molar-refractivity contribution in [2.24, 2.45) is 0 Å². The van der Waals surface area contributed by atoms with Crippen molar-refractivity contribution in [2.45, 2.75) is 18.4 Å². The highest BCUT2D eigenvalue weighted by molar-refractivity contribution is 5.97. The summed E-state index contributed by atoms with van der Waals surface area (Å²) in [5, 5.41) is 2.47. The van der Waals surface area contributed by atoms with Crippen molar-refractivity contribution in [3.63, 3.8) is 0 Å². The maximum atomic E-state index is 6.61. The summed E-state index contributed by atoms with van der Waals surface area (Å²) in [7, 11) is 0. The Morgan fingerprint density at radius 2 is 1.12 bits per heavy atom. The molecule has 2 aliphatic rings. The third kappa shape index (κ3) is 4.65. The van der Waals surface area contributed by atoms with Crippen molar-refractivity contribution in [3.05, 3.63) is 169 Å². The van der Waals surface area contributed by atoms with Crippen LogP contribution in [0.25, 0.3) is 67.2 Å². The van der Waals surface area contributed by atoms with E-state index in [1.165, 1.54) is 21.9 Å². The minimum atomic E-state index is -0.398. The van der Waals surface area contributed by atoms with Gasteiger partial charge in [-0.15, -0.1) is 0 Å². The molecule has 4 nitrogen and oxygen atoms in total. The van der Waals surface area contributed by atoms with Gasteiger partial charge < -0.3 is 4.74 Å². The van der Waals surface area contributed by atoms with Gasteiger partial charge >= 0.3 is 0 Å². The minimum Gasteiger partial charge on any atom is -0.485 e. The molecule has 7 aromatic rings. The molecule has 1 unspecified atom stereocenters. The highest BCUT2D eigenvalue weighted by Crippen LogP contribution is 2.52. The summed E-state index contributed by atoms with van der Waals surface area (Å²) < 4.78 is 6.61. The lowest BCUT2D eigenvalue weighted by atomic mass is 9.73. The number of hydrogen-bond donors (Lipinski definition) is 0. The van der Waals surface area contributed by atoms with E-state index in [1.807, 2.05) is 60.7 Å². The predicted molar refractivity (Wildman–Crippen MR) is 195 cm³/mol. The number of nitrogens with zero attached hydrogens (tertiary/aromatic N) is 3. The van der Waals surface area contributed by atoms with Gasteiger partial charge in [0.25, 0.3) is 0 Å². The Morgan fingerprint density at radius 3 is 1.83 bits per heavy atom. The molecule has 1 aliphatic heterocycles. The second kappa shape index (κ2) is 11.3. The van der Waals surface area contributed by atoms with Crippen molar-refractivity contribution >= 4 is 10.8 Å². The Morgan fingerprint density at radius 1 is 0.521 bits per heavy atom. The summed E-state index contributed by atoms with van der Waals surface area (Å²) in [6, 6.07) is 48.4. The zero-order valence-electron chi connectivity index (χ0n) is 26.4. The number of allylic oxidation sites excluding steroid dienone is 2. The van der Waals surface area contributed by atoms with Gasteiger partial charge in [0.15, 0.2) is 17.5 Å². The highest BCUT2D eigenvalue weighted by atomic mass is 16.5. The summed E-state index contributed by atoms with van der Waals surface area (Å²) in [6.45, 7) is 2.25. The van der Waals surface area contributed by atoms with Crippen LogP contribution in [0.3, 0.4) is 0 Å². The van der Waals surface area contributed by atoms with Gasteiger partial charge in [0, 0.05) is 22.3 Å². The van der Waals surface area contributed by atoms with E-state index >= 15 is 0 Å². The molecule has 48 heavy (non-hydrogen) atoms. The first-order valence-electron chi connectivity index (χ1n) is 16.3. The predicted octanol–water partition coefficient (Wildman–Crippen LogP) is 10.5. The normalized spacial score (nSPS) is 17.6. The standard InChI is InChI=1S/C44H31N3O/c1-44-28-11-10-21-38(44)48-37-27-26-36(31-24-22-30(23-25-31)35-20-12-18-29-13-8-9-19-34(29)35)39(40(37)44)43-46-41(32-14-4-2-5-15-32)45-42(47-43)33-16-6-3-7-17-33/h2-28,38H,1H3/t38?,44-/m0/s1. The van der Waals surface area contributed by atoms with Crippen LogP contribution in [0.1, 0.15) is 12.5 Å². The van der Waals surface area contributed by atoms with E-state index in [0.717, 1.165) is 39.1 Å². The fourth-order valence-electron chi connectivity index (χ4n) is 7.16. The average Bonchev–Trinajstić information content (AvgIpc) is 3.47. The Hall–Kier alpha value is -6.13. The van der Waals surface area contributed by atoms with Crippen LogP contribution in [0.5, 0.6) is 5.75 Å². The van der Waals surface area contributed by atoms with Gasteiger partial charge in [-0.25, -0.2) is 15.0 Å². The maximum Gasteiger partial charge on any atom is 0.165 e. The first kappa shape index (κ1) is 28.1. The van der Waals surface area contributed by atoms with Gasteiger partial charge in [-0.05, 0) is 58.2 Å². The first-order chi connectivity index (χ1) is 23.7. The fraction of sp³-hybridized carbons (Fsp3) is 0.0682. The van der Waals surface area contributed by atoms with E-state index in [1.54, 1.807) is 0 Å². The summed E-state index contributed by atoms with van der Waals surface area (Å²) >= 11 is 0. The van der Waals surface area contributed by atoms with Crippen LogP contribution < -0.4 is 4.74 Å². The average molecular weight is 618 g/mol. The second-order valence-electron chi connectivity index (χ2n) is 12.6. The van der Waals surface area contributed by atoms with Crippen molar-refractivity contribution in [2.75, 3.05) is 0 Å². The minimum absolute atomic E-state index is 0.121. The number of rotatable bonds is 5. The van der Waals surface area contributed by atoms with Gasteiger partial charge in [-0.2, -0.15) is 0 Å². The molecule has 0 spiro atoms. The van der Waals surface area contributed by atoms with Gasteiger partial charge in [0.2, 0.25) is 0 Å². The molecule has 0 radical (unpaired) electrons. The summed E-state index contributed by atoms with van der Waals surface area (Å²) in [5.41, 5.74) is 8.06. The smallest absolute Gasteiger partial charge is 0.165 e. The molecule has 0 amide bonds. The Bertz CT molecular complexity index is 2320. The van der Waals surface area contributed by atoms with E-state index in [-0.39, 0.29) is 6.10 Å². The monoisotopic (exact) mass is 617 g/mol. The number of benzene rings is 6. The molecule has 0 N–H and O–H groups in total. The molecular weight excluding hydrogens is 587 g/mol. The third-order valence-corrected chi connectivity index (χ3v) is 9.61. The number of fused-ring (bicyclic) bond motifs is 4. The van der Waals surface area contributed by atoms with Crippen molar-refractivity contribution < 1.29 is 4.74 Å². The quantitative estimate of drug-likeness (QED) is 0.193. The zero-order chi connectivity index (χ0) is 32.1. The van der Waals surface area contributed by atoms with Gasteiger partial charge in [-0.3, -0.25) is 0 Å². The van der Waals surface area contributed by atoms with E-state index in [4.69, 9.17) is 19.7 Å². The molecule has 1 aromatic heterocycles. The Kier molecular flexibility index (Phi) is 6.61. The van der Waals surface area contributed by atoms with Gasteiger partial charge in [-0.1, -0.05) is 146 Å². The molecule has 9 rings (SSSR count). The van der Waals surface area contributed by atoms with Crippen molar-refractivity contribution in [3.8, 4) is 62.2 Å². The molecule has 1 aliphatic carbocycles. The zero-order valence-corrected chi connectivity index (χ0v) is 26.4. The highest BCUT2D eigenvalue weighted by Gasteiger charge is 2.46. The lowest BCUT2D eigenvalue weighted by Crippen LogP contribution is -2.33. The summed E-state index contributed by atoms with van der Waals surface area (Å²) in [6.07, 6.45) is 8.44. The SMILES string of the molecule is C[C@]12C=CC=CC1Oc1ccc(-c3ccc(-c4cccc5ccccc45)cc3)c(-c3nc(-c4ccccc4)nc(-c4ccccc4)n3)c12. The molecule has 4 heteroatoms. The van der Waals surface area contributed by atoms with Gasteiger partial charge in [0.05, 0.1) is 5.41 Å². The molecule has 0 bridgehead atoms. The molecule has 2 atom stereocenters. The van der Waals surface area contributed by atoms with E-state index in [9.17, 15) is 0 Å². The number of hydrogen-bond acceptors (Lipinski definition) is 4. The van der Waals surface area contributed by atoms with Crippen molar-refractivity contribution in [1.29, 1.82) is 0 Å². The molecule has 0 saturated heterocycles. The summed E-state index contributed by atoms with van der Waals surface area (Å²) in [4.78, 5) is 15.4. The first-order valence-corrected chi connectivity index (χ1v) is 16.3. The van der Waals surface area contributed by atoms with Crippen LogP contribution in [0.4, 0.5) is 0 Å². The maximum absolute atomic E-state index is 6.61. The molecule has 2 heterocycles. The van der Waals surface area contributed by atoms with Crippen molar-refractivity contribution in [1.82, 2.24) is 15.0 Å². The molecule has 228 valence electrons. The third-order valence-electron chi connectivity index (χ3n) is 9.61. The lowest BCUT2D eigenvalue weighted by Gasteiger charge is -2.29. The van der Waals surface area contributed by atoms with E-state index in [0.29, 0.717) is 17.5 Å². The lowest BCUT2D eigenvalue weighted by molar-refractivity contribution is 0.228. The van der Waals surface area contributed by atoms with Crippen LogP contribution >= 0.6 is 0 Å². The largest absolute Gasteiger partial charge is 0.485 e. The molecule has 6 aromatic carbocycles. The number of ether oxygens (including phenoxy) is 1. The second-order valence-corrected chi connectivity index (χ2v) is 12.6. The van der Waals surface area contributed by atoms with Gasteiger partial charge in [0.1, 0.15) is 11.9 Å². The van der Waals surface area contributed by atoms with Crippen LogP contribution in [-0.2, 0) is 5.41 Å².